The SMILES string of the molecule is CC(Oc1ccc(-c2ccccc2)cc1)C(=O)NCc1nc(C2CC2)no1. The molecule has 1 N–H and O–H groups in total. The predicted molar refractivity (Wildman–Crippen MR) is 100 cm³/mol. The Morgan fingerprint density at radius 1 is 1.15 bits per heavy atom. The maximum Gasteiger partial charge on any atom is 0.261 e. The summed E-state index contributed by atoms with van der Waals surface area (Å²) in [7, 11) is 0. The molecule has 3 aromatic rings. The standard InChI is InChI=1S/C21H21N3O3/c1-14(21(25)22-13-19-23-20(24-27-19)17-7-8-17)26-18-11-9-16(10-12-18)15-5-3-2-4-6-15/h2-6,9-12,14,17H,7-8,13H2,1H3,(H,22,25). The van der Waals surface area contributed by atoms with Crippen LogP contribution in [0.3, 0.4) is 0 Å². The predicted octanol–water partition coefficient (Wildman–Crippen LogP) is 3.70. The maximum atomic E-state index is 12.2. The lowest BCUT2D eigenvalue weighted by molar-refractivity contribution is -0.127. The van der Waals surface area contributed by atoms with E-state index < -0.39 is 6.10 Å². The molecular formula is C21H21N3O3. The van der Waals surface area contributed by atoms with Gasteiger partial charge in [0.25, 0.3) is 5.91 Å². The molecule has 1 aliphatic rings. The maximum absolute atomic E-state index is 12.2. The van der Waals surface area contributed by atoms with Crippen LogP contribution in [0.4, 0.5) is 0 Å². The van der Waals surface area contributed by atoms with Crippen molar-refractivity contribution < 1.29 is 14.1 Å². The van der Waals surface area contributed by atoms with E-state index in [4.69, 9.17) is 9.26 Å². The zero-order valence-electron chi connectivity index (χ0n) is 15.1. The fourth-order valence-corrected chi connectivity index (χ4v) is 2.77. The van der Waals surface area contributed by atoms with E-state index in [9.17, 15) is 4.79 Å². The molecule has 0 spiro atoms. The van der Waals surface area contributed by atoms with Gasteiger partial charge in [0.05, 0.1) is 6.54 Å². The lowest BCUT2D eigenvalue weighted by atomic mass is 10.1. The first-order valence-electron chi connectivity index (χ1n) is 9.11. The van der Waals surface area contributed by atoms with Gasteiger partial charge in [-0.3, -0.25) is 4.79 Å². The number of rotatable bonds is 7. The van der Waals surface area contributed by atoms with Crippen LogP contribution in [-0.2, 0) is 11.3 Å². The van der Waals surface area contributed by atoms with Crippen molar-refractivity contribution in [2.75, 3.05) is 0 Å². The van der Waals surface area contributed by atoms with Crippen molar-refractivity contribution in [3.05, 3.63) is 66.3 Å². The molecule has 1 aliphatic carbocycles. The van der Waals surface area contributed by atoms with E-state index in [1.165, 1.54) is 0 Å². The van der Waals surface area contributed by atoms with Gasteiger partial charge in [-0.2, -0.15) is 4.98 Å². The second kappa shape index (κ2) is 7.61. The normalized spacial score (nSPS) is 14.6. The van der Waals surface area contributed by atoms with Crippen molar-refractivity contribution >= 4 is 5.91 Å². The number of benzene rings is 2. The molecule has 1 fully saturated rings. The lowest BCUT2D eigenvalue weighted by Crippen LogP contribution is -2.36. The minimum absolute atomic E-state index is 0.208. The number of aromatic nitrogens is 2. The molecule has 27 heavy (non-hydrogen) atoms. The molecule has 1 aromatic heterocycles. The number of ether oxygens (including phenoxy) is 1. The van der Waals surface area contributed by atoms with E-state index in [0.717, 1.165) is 29.8 Å². The van der Waals surface area contributed by atoms with Gasteiger partial charge in [0.1, 0.15) is 5.75 Å². The van der Waals surface area contributed by atoms with Crippen molar-refractivity contribution in [2.24, 2.45) is 0 Å². The number of carbonyl (C=O) groups excluding carboxylic acids is 1. The Labute approximate surface area is 157 Å². The summed E-state index contributed by atoms with van der Waals surface area (Å²) in [6.45, 7) is 1.92. The summed E-state index contributed by atoms with van der Waals surface area (Å²) in [4.78, 5) is 16.5. The van der Waals surface area contributed by atoms with Crippen LogP contribution in [0, 0.1) is 0 Å². The third-order valence-electron chi connectivity index (χ3n) is 4.48. The number of carbonyl (C=O) groups is 1. The fraction of sp³-hybridized carbons (Fsp3) is 0.286. The molecule has 0 saturated heterocycles. The first-order chi connectivity index (χ1) is 13.2. The highest BCUT2D eigenvalue weighted by atomic mass is 16.5. The van der Waals surface area contributed by atoms with E-state index in [0.29, 0.717) is 17.6 Å². The molecular weight excluding hydrogens is 342 g/mol. The molecule has 138 valence electrons. The summed E-state index contributed by atoms with van der Waals surface area (Å²) < 4.78 is 10.9. The van der Waals surface area contributed by atoms with Crippen LogP contribution in [-0.4, -0.2) is 22.2 Å². The Bertz CT molecular complexity index is 902. The zero-order valence-corrected chi connectivity index (χ0v) is 15.1. The quantitative estimate of drug-likeness (QED) is 0.693. The highest BCUT2D eigenvalue weighted by Gasteiger charge is 2.28. The topological polar surface area (TPSA) is 77.2 Å². The van der Waals surface area contributed by atoms with Gasteiger partial charge in [-0.25, -0.2) is 0 Å². The minimum atomic E-state index is -0.626. The van der Waals surface area contributed by atoms with Gasteiger partial charge in [0.15, 0.2) is 11.9 Å². The van der Waals surface area contributed by atoms with Crippen molar-refractivity contribution in [1.82, 2.24) is 15.5 Å². The fourth-order valence-electron chi connectivity index (χ4n) is 2.77. The van der Waals surface area contributed by atoms with Crippen LogP contribution in [0.25, 0.3) is 11.1 Å². The molecule has 1 heterocycles. The van der Waals surface area contributed by atoms with Crippen LogP contribution >= 0.6 is 0 Å². The van der Waals surface area contributed by atoms with Gasteiger partial charge in [-0.1, -0.05) is 47.6 Å². The second-order valence-corrected chi connectivity index (χ2v) is 6.69. The summed E-state index contributed by atoms with van der Waals surface area (Å²) in [6.07, 6.45) is 1.59. The molecule has 0 bridgehead atoms. The second-order valence-electron chi connectivity index (χ2n) is 6.69. The summed E-state index contributed by atoms with van der Waals surface area (Å²) in [5.41, 5.74) is 2.24. The van der Waals surface area contributed by atoms with E-state index in [1.54, 1.807) is 6.92 Å². The van der Waals surface area contributed by atoms with Crippen LogP contribution < -0.4 is 10.1 Å². The average Bonchev–Trinajstić information content (AvgIpc) is 3.45. The average molecular weight is 363 g/mol. The molecule has 2 aromatic carbocycles. The smallest absolute Gasteiger partial charge is 0.261 e. The van der Waals surface area contributed by atoms with E-state index in [-0.39, 0.29) is 12.5 Å². The van der Waals surface area contributed by atoms with Crippen molar-refractivity contribution in [3.8, 4) is 16.9 Å². The van der Waals surface area contributed by atoms with Crippen LogP contribution in [0.1, 0.15) is 37.4 Å². The zero-order chi connectivity index (χ0) is 18.6. The molecule has 1 atom stereocenters. The third-order valence-corrected chi connectivity index (χ3v) is 4.48. The molecule has 6 heteroatoms. The van der Waals surface area contributed by atoms with Gasteiger partial charge in [0, 0.05) is 5.92 Å². The van der Waals surface area contributed by atoms with Crippen LogP contribution in [0.2, 0.25) is 0 Å². The number of nitrogens with zero attached hydrogens (tertiary/aromatic N) is 2. The Hall–Kier alpha value is -3.15. The van der Waals surface area contributed by atoms with Crippen molar-refractivity contribution in [3.63, 3.8) is 0 Å². The van der Waals surface area contributed by atoms with Crippen molar-refractivity contribution in [2.45, 2.75) is 38.3 Å². The summed E-state index contributed by atoms with van der Waals surface area (Å²) in [6, 6.07) is 17.8. The van der Waals surface area contributed by atoms with Crippen LogP contribution in [0.15, 0.2) is 59.1 Å². The first kappa shape index (κ1) is 17.3. The largest absolute Gasteiger partial charge is 0.481 e. The van der Waals surface area contributed by atoms with E-state index >= 15 is 0 Å². The van der Waals surface area contributed by atoms with Gasteiger partial charge < -0.3 is 14.6 Å². The third kappa shape index (κ3) is 4.34. The summed E-state index contributed by atoms with van der Waals surface area (Å²) in [5, 5.41) is 6.70. The van der Waals surface area contributed by atoms with E-state index in [2.05, 4.69) is 27.6 Å². The molecule has 1 amide bonds. The van der Waals surface area contributed by atoms with Gasteiger partial charge in [-0.05, 0) is 43.0 Å². The number of hydrogen-bond donors (Lipinski definition) is 1. The molecule has 6 nitrogen and oxygen atoms in total. The monoisotopic (exact) mass is 363 g/mol. The highest BCUT2D eigenvalue weighted by molar-refractivity contribution is 5.80. The number of amides is 1. The Morgan fingerprint density at radius 3 is 2.56 bits per heavy atom. The minimum Gasteiger partial charge on any atom is -0.481 e. The highest BCUT2D eigenvalue weighted by Crippen LogP contribution is 2.38. The molecule has 1 saturated carbocycles. The van der Waals surface area contributed by atoms with Crippen LogP contribution in [0.5, 0.6) is 5.75 Å². The first-order valence-corrected chi connectivity index (χ1v) is 9.11. The molecule has 4 rings (SSSR count). The molecule has 0 aliphatic heterocycles. The Morgan fingerprint density at radius 2 is 1.85 bits per heavy atom. The molecule has 1 unspecified atom stereocenters. The lowest BCUT2D eigenvalue weighted by Gasteiger charge is -2.14. The summed E-state index contributed by atoms with van der Waals surface area (Å²) in [5.74, 6) is 2.01. The van der Waals surface area contributed by atoms with Crippen molar-refractivity contribution in [1.29, 1.82) is 0 Å². The van der Waals surface area contributed by atoms with E-state index in [1.807, 2.05) is 42.5 Å². The van der Waals surface area contributed by atoms with Gasteiger partial charge in [-0.15, -0.1) is 0 Å². The number of nitrogens with one attached hydrogen (secondary N) is 1. The Kier molecular flexibility index (Phi) is 4.87. The molecule has 0 radical (unpaired) electrons. The van der Waals surface area contributed by atoms with Gasteiger partial charge in [0.2, 0.25) is 5.89 Å². The summed E-state index contributed by atoms with van der Waals surface area (Å²) >= 11 is 0. The van der Waals surface area contributed by atoms with Gasteiger partial charge >= 0.3 is 0 Å². The number of hydrogen-bond acceptors (Lipinski definition) is 5. The Balaban J connectivity index is 1.29.